The summed E-state index contributed by atoms with van der Waals surface area (Å²) in [4.78, 5) is 0. The lowest BCUT2D eigenvalue weighted by molar-refractivity contribution is 0.634. The molecule has 0 aliphatic carbocycles. The van der Waals surface area contributed by atoms with E-state index in [9.17, 15) is 0 Å². The molecule has 0 bridgehead atoms. The van der Waals surface area contributed by atoms with Gasteiger partial charge in [0.05, 0.1) is 0 Å². The molecule has 0 aliphatic rings. The van der Waals surface area contributed by atoms with Gasteiger partial charge in [-0.15, -0.1) is 0 Å². The SMILES string of the molecule is CCCCCCN/C(C)=C\C/C(C)=C(/C)CC. The number of hydrogen-bond acceptors (Lipinski definition) is 1. The second-order valence-electron chi connectivity index (χ2n) is 4.99. The molecule has 0 rings (SSSR count). The summed E-state index contributed by atoms with van der Waals surface area (Å²) in [6.07, 6.45) is 9.90. The van der Waals surface area contributed by atoms with Crippen molar-refractivity contribution in [2.24, 2.45) is 0 Å². The third kappa shape index (κ3) is 9.02. The fraction of sp³-hybridized carbons (Fsp3) is 0.750. The summed E-state index contributed by atoms with van der Waals surface area (Å²) in [5, 5.41) is 3.49. The topological polar surface area (TPSA) is 12.0 Å². The zero-order chi connectivity index (χ0) is 13.1. The summed E-state index contributed by atoms with van der Waals surface area (Å²) in [7, 11) is 0. The van der Waals surface area contributed by atoms with Gasteiger partial charge < -0.3 is 5.32 Å². The third-order valence-electron chi connectivity index (χ3n) is 3.41. The van der Waals surface area contributed by atoms with Gasteiger partial charge in [0.1, 0.15) is 0 Å². The minimum atomic E-state index is 1.09. The van der Waals surface area contributed by atoms with Crippen LogP contribution in [0.15, 0.2) is 22.9 Å². The van der Waals surface area contributed by atoms with Crippen LogP contribution in [0.4, 0.5) is 0 Å². The van der Waals surface area contributed by atoms with E-state index < -0.39 is 0 Å². The highest BCUT2D eigenvalue weighted by atomic mass is 14.9. The lowest BCUT2D eigenvalue weighted by Gasteiger charge is -2.07. The van der Waals surface area contributed by atoms with Crippen LogP contribution in [0.1, 0.15) is 73.1 Å². The average Bonchev–Trinajstić information content (AvgIpc) is 2.34. The second kappa shape index (κ2) is 10.4. The maximum atomic E-state index is 3.49. The van der Waals surface area contributed by atoms with Crippen molar-refractivity contribution >= 4 is 0 Å². The molecule has 17 heavy (non-hydrogen) atoms. The van der Waals surface area contributed by atoms with E-state index in [0.29, 0.717) is 0 Å². The first-order chi connectivity index (χ1) is 8.11. The van der Waals surface area contributed by atoms with E-state index in [1.54, 1.807) is 0 Å². The summed E-state index contributed by atoms with van der Waals surface area (Å²) in [6.45, 7) is 12.2. The lowest BCUT2D eigenvalue weighted by atomic mass is 10.1. The molecule has 0 saturated heterocycles. The Kier molecular flexibility index (Phi) is 9.99. The first-order valence-electron chi connectivity index (χ1n) is 7.17. The Balaban J connectivity index is 3.79. The molecule has 0 aromatic carbocycles. The van der Waals surface area contributed by atoms with Crippen molar-refractivity contribution in [2.45, 2.75) is 73.1 Å². The molecule has 0 saturated carbocycles. The summed E-state index contributed by atoms with van der Waals surface area (Å²) in [5.74, 6) is 0. The van der Waals surface area contributed by atoms with E-state index >= 15 is 0 Å². The van der Waals surface area contributed by atoms with Crippen molar-refractivity contribution in [3.63, 3.8) is 0 Å². The highest BCUT2D eigenvalue weighted by molar-refractivity contribution is 5.14. The van der Waals surface area contributed by atoms with Gasteiger partial charge in [-0.2, -0.15) is 0 Å². The quantitative estimate of drug-likeness (QED) is 0.429. The van der Waals surface area contributed by atoms with Crippen LogP contribution in [-0.4, -0.2) is 6.54 Å². The molecule has 0 aromatic heterocycles. The molecule has 0 amide bonds. The van der Waals surface area contributed by atoms with Gasteiger partial charge in [-0.25, -0.2) is 0 Å². The highest BCUT2D eigenvalue weighted by Crippen LogP contribution is 2.12. The Morgan fingerprint density at radius 3 is 2.24 bits per heavy atom. The number of hydrogen-bond donors (Lipinski definition) is 1. The summed E-state index contributed by atoms with van der Waals surface area (Å²) in [6, 6.07) is 0. The molecule has 0 atom stereocenters. The zero-order valence-electron chi connectivity index (χ0n) is 12.5. The molecule has 0 spiro atoms. The van der Waals surface area contributed by atoms with E-state index in [4.69, 9.17) is 0 Å². The van der Waals surface area contributed by atoms with E-state index in [2.05, 4.69) is 46.0 Å². The summed E-state index contributed by atoms with van der Waals surface area (Å²) >= 11 is 0. The van der Waals surface area contributed by atoms with Crippen LogP contribution in [0.5, 0.6) is 0 Å². The molecule has 100 valence electrons. The molecule has 0 fully saturated rings. The van der Waals surface area contributed by atoms with Gasteiger partial charge in [0.25, 0.3) is 0 Å². The Labute approximate surface area is 108 Å². The van der Waals surface area contributed by atoms with E-state index in [1.165, 1.54) is 48.9 Å². The minimum absolute atomic E-state index is 1.09. The largest absolute Gasteiger partial charge is 0.389 e. The van der Waals surface area contributed by atoms with Gasteiger partial charge in [0, 0.05) is 12.2 Å². The molecular weight excluding hydrogens is 206 g/mol. The minimum Gasteiger partial charge on any atom is -0.389 e. The predicted octanol–water partition coefficient (Wildman–Crippen LogP) is 5.20. The Hall–Kier alpha value is -0.720. The second-order valence-corrected chi connectivity index (χ2v) is 4.99. The van der Waals surface area contributed by atoms with E-state index in [1.807, 2.05) is 0 Å². The maximum absolute atomic E-state index is 3.49. The average molecular weight is 237 g/mol. The van der Waals surface area contributed by atoms with Gasteiger partial charge in [0.15, 0.2) is 0 Å². The van der Waals surface area contributed by atoms with Crippen LogP contribution < -0.4 is 5.32 Å². The molecule has 1 heteroatoms. The molecule has 0 aliphatic heterocycles. The van der Waals surface area contributed by atoms with Crippen molar-refractivity contribution in [1.82, 2.24) is 5.32 Å². The highest BCUT2D eigenvalue weighted by Gasteiger charge is 1.94. The van der Waals surface area contributed by atoms with Crippen LogP contribution in [0.3, 0.4) is 0 Å². The summed E-state index contributed by atoms with van der Waals surface area (Å²) in [5.41, 5.74) is 4.36. The van der Waals surface area contributed by atoms with Crippen LogP contribution in [0.2, 0.25) is 0 Å². The smallest absolute Gasteiger partial charge is 0.0143 e. The molecule has 1 nitrogen and oxygen atoms in total. The normalized spacial score (nSPS) is 13.6. The van der Waals surface area contributed by atoms with Crippen molar-refractivity contribution in [2.75, 3.05) is 6.54 Å². The zero-order valence-corrected chi connectivity index (χ0v) is 12.5. The summed E-state index contributed by atoms with van der Waals surface area (Å²) < 4.78 is 0. The van der Waals surface area contributed by atoms with Crippen LogP contribution in [-0.2, 0) is 0 Å². The van der Waals surface area contributed by atoms with Crippen LogP contribution in [0.25, 0.3) is 0 Å². The maximum Gasteiger partial charge on any atom is 0.0143 e. The third-order valence-corrected chi connectivity index (χ3v) is 3.41. The van der Waals surface area contributed by atoms with Gasteiger partial charge in [-0.3, -0.25) is 0 Å². The van der Waals surface area contributed by atoms with Crippen LogP contribution in [0, 0.1) is 0 Å². The first kappa shape index (κ1) is 16.3. The van der Waals surface area contributed by atoms with Gasteiger partial charge in [0.2, 0.25) is 0 Å². The number of rotatable bonds is 9. The van der Waals surface area contributed by atoms with Crippen molar-refractivity contribution in [1.29, 1.82) is 0 Å². The van der Waals surface area contributed by atoms with Gasteiger partial charge in [-0.1, -0.05) is 50.3 Å². The van der Waals surface area contributed by atoms with Crippen molar-refractivity contribution in [3.8, 4) is 0 Å². The molecule has 1 N–H and O–H groups in total. The molecule has 0 aromatic rings. The Morgan fingerprint density at radius 1 is 0.941 bits per heavy atom. The standard InChI is InChI=1S/C16H31N/c1-6-8-9-10-13-17-16(5)12-11-15(4)14(3)7-2/h12,17H,6-11,13H2,1-5H3/b15-14-,16-12-. The lowest BCUT2D eigenvalue weighted by Crippen LogP contribution is -2.12. The van der Waals surface area contributed by atoms with Gasteiger partial charge >= 0.3 is 0 Å². The Morgan fingerprint density at radius 2 is 1.65 bits per heavy atom. The van der Waals surface area contributed by atoms with Crippen LogP contribution >= 0.6 is 0 Å². The molecule has 0 heterocycles. The van der Waals surface area contributed by atoms with E-state index in [0.717, 1.165) is 13.0 Å². The predicted molar refractivity (Wildman–Crippen MR) is 79.2 cm³/mol. The molecule has 0 radical (unpaired) electrons. The van der Waals surface area contributed by atoms with Crippen molar-refractivity contribution in [3.05, 3.63) is 22.9 Å². The number of unbranched alkanes of at least 4 members (excludes halogenated alkanes) is 3. The Bertz CT molecular complexity index is 248. The first-order valence-corrected chi connectivity index (χ1v) is 7.17. The number of nitrogens with one attached hydrogen (secondary N) is 1. The molecular formula is C16H31N. The fourth-order valence-corrected chi connectivity index (χ4v) is 1.69. The van der Waals surface area contributed by atoms with E-state index in [-0.39, 0.29) is 0 Å². The van der Waals surface area contributed by atoms with Gasteiger partial charge in [-0.05, 0) is 40.0 Å². The monoisotopic (exact) mass is 237 g/mol. The molecule has 0 unspecified atom stereocenters. The number of allylic oxidation sites excluding steroid dienone is 4. The van der Waals surface area contributed by atoms with Crippen molar-refractivity contribution < 1.29 is 0 Å². The fourth-order valence-electron chi connectivity index (χ4n) is 1.69.